The second kappa shape index (κ2) is 15.5. The van der Waals surface area contributed by atoms with Gasteiger partial charge in [-0.05, 0) is 58.6 Å². The lowest BCUT2D eigenvalue weighted by atomic mass is 9.95. The van der Waals surface area contributed by atoms with Crippen LogP contribution in [-0.2, 0) is 14.3 Å². The lowest BCUT2D eigenvalue weighted by Crippen LogP contribution is -2.54. The summed E-state index contributed by atoms with van der Waals surface area (Å²) in [5, 5.41) is 15.5. The van der Waals surface area contributed by atoms with Gasteiger partial charge in [-0.15, -0.1) is 0 Å². The summed E-state index contributed by atoms with van der Waals surface area (Å²) >= 11 is 0. The molecule has 0 fully saturated rings. The Labute approximate surface area is 217 Å². The van der Waals surface area contributed by atoms with Crippen LogP contribution in [0.15, 0.2) is 18.2 Å². The molecule has 0 aliphatic carbocycles. The van der Waals surface area contributed by atoms with Crippen molar-refractivity contribution in [2.75, 3.05) is 19.7 Å². The summed E-state index contributed by atoms with van der Waals surface area (Å²) in [5.41, 5.74) is 1.85. The van der Waals surface area contributed by atoms with Crippen LogP contribution >= 0.6 is 0 Å². The maximum absolute atomic E-state index is 13.8. The van der Waals surface area contributed by atoms with Crippen LogP contribution in [0.5, 0.6) is 0 Å². The summed E-state index contributed by atoms with van der Waals surface area (Å²) in [5.74, 6) is -0.786. The Balaban J connectivity index is 3.42. The Morgan fingerprint density at radius 3 is 2.28 bits per heavy atom. The van der Waals surface area contributed by atoms with Crippen molar-refractivity contribution < 1.29 is 24.2 Å². The van der Waals surface area contributed by atoms with Gasteiger partial charge in [-0.25, -0.2) is 4.79 Å². The van der Waals surface area contributed by atoms with E-state index in [4.69, 9.17) is 4.74 Å². The van der Waals surface area contributed by atoms with Gasteiger partial charge in [-0.2, -0.15) is 0 Å². The smallest absolute Gasteiger partial charge is 0.408 e. The molecule has 3 amide bonds. The fourth-order valence-electron chi connectivity index (χ4n) is 3.90. The first-order chi connectivity index (χ1) is 16.9. The molecule has 0 bridgehead atoms. The van der Waals surface area contributed by atoms with Gasteiger partial charge < -0.3 is 25.4 Å². The molecule has 0 aliphatic rings. The number of ether oxygens (including phenoxy) is 1. The fourth-order valence-corrected chi connectivity index (χ4v) is 3.90. The van der Waals surface area contributed by atoms with Gasteiger partial charge in [0.15, 0.2) is 0 Å². The third-order valence-electron chi connectivity index (χ3n) is 5.83. The number of aryl methyl sites for hydroxylation is 2. The number of benzene rings is 1. The minimum absolute atomic E-state index is 0.269. The van der Waals surface area contributed by atoms with Crippen molar-refractivity contribution in [2.45, 2.75) is 105 Å². The van der Waals surface area contributed by atoms with Gasteiger partial charge in [-0.3, -0.25) is 9.59 Å². The maximum Gasteiger partial charge on any atom is 0.408 e. The van der Waals surface area contributed by atoms with Gasteiger partial charge in [0.05, 0.1) is 6.61 Å². The highest BCUT2D eigenvalue weighted by molar-refractivity contribution is 5.92. The number of hydrogen-bond acceptors (Lipinski definition) is 5. The first-order valence-electron chi connectivity index (χ1n) is 13.2. The van der Waals surface area contributed by atoms with Crippen LogP contribution < -0.4 is 10.6 Å². The molecule has 8 heteroatoms. The van der Waals surface area contributed by atoms with E-state index in [0.29, 0.717) is 19.5 Å². The number of amides is 3. The molecule has 2 atom stereocenters. The molecular formula is C28H47N3O5. The highest BCUT2D eigenvalue weighted by atomic mass is 16.6. The van der Waals surface area contributed by atoms with Crippen molar-refractivity contribution in [3.63, 3.8) is 0 Å². The largest absolute Gasteiger partial charge is 0.444 e. The van der Waals surface area contributed by atoms with E-state index in [-0.39, 0.29) is 5.91 Å². The SMILES string of the molecule is CCCCCCN(C(=O)C(CO)NC(=O)OC(C)(C)C)C(C(=O)NCCCC)c1cc(C)ccc1C. The van der Waals surface area contributed by atoms with Crippen molar-refractivity contribution in [3.8, 4) is 0 Å². The Morgan fingerprint density at radius 2 is 1.69 bits per heavy atom. The number of rotatable bonds is 14. The number of unbranched alkanes of at least 4 members (excludes halogenated alkanes) is 4. The quantitative estimate of drug-likeness (QED) is 0.321. The predicted molar refractivity (Wildman–Crippen MR) is 143 cm³/mol. The molecule has 0 aromatic heterocycles. The first kappa shape index (κ1) is 31.4. The standard InChI is InChI=1S/C28H47N3O5/c1-8-10-12-13-17-31(26(34)23(19-32)30-27(35)36-28(5,6)7)24(25(33)29-16-11-9-2)22-18-20(3)14-15-21(22)4/h14-15,18,23-24,32H,8-13,16-17,19H2,1-7H3,(H,29,33)(H,30,35). The van der Waals surface area contributed by atoms with Crippen molar-refractivity contribution in [1.82, 2.24) is 15.5 Å². The molecule has 8 nitrogen and oxygen atoms in total. The van der Waals surface area contributed by atoms with E-state index in [0.717, 1.165) is 48.8 Å². The number of hydrogen-bond donors (Lipinski definition) is 3. The van der Waals surface area contributed by atoms with Crippen LogP contribution in [0.4, 0.5) is 4.79 Å². The Bertz CT molecular complexity index is 850. The molecule has 1 aromatic carbocycles. The zero-order valence-corrected chi connectivity index (χ0v) is 23.3. The maximum atomic E-state index is 13.8. The second-order valence-corrected chi connectivity index (χ2v) is 10.4. The molecular weight excluding hydrogens is 458 g/mol. The molecule has 0 radical (unpaired) electrons. The summed E-state index contributed by atoms with van der Waals surface area (Å²) in [6.07, 6.45) is 4.62. The molecule has 0 saturated carbocycles. The molecule has 1 rings (SSSR count). The van der Waals surface area contributed by atoms with Crippen LogP contribution in [0.3, 0.4) is 0 Å². The topological polar surface area (TPSA) is 108 Å². The van der Waals surface area contributed by atoms with Gasteiger partial charge in [0.1, 0.15) is 17.7 Å². The molecule has 3 N–H and O–H groups in total. The Morgan fingerprint density at radius 1 is 1.03 bits per heavy atom. The summed E-state index contributed by atoms with van der Waals surface area (Å²) in [4.78, 5) is 41.3. The van der Waals surface area contributed by atoms with Crippen molar-refractivity contribution >= 4 is 17.9 Å². The van der Waals surface area contributed by atoms with E-state index in [1.54, 1.807) is 20.8 Å². The molecule has 2 unspecified atom stereocenters. The molecule has 0 heterocycles. The number of carbonyl (C=O) groups excluding carboxylic acids is 3. The lowest BCUT2D eigenvalue weighted by molar-refractivity contribution is -0.143. The van der Waals surface area contributed by atoms with E-state index >= 15 is 0 Å². The summed E-state index contributed by atoms with van der Waals surface area (Å²) in [6, 6.07) is 3.73. The van der Waals surface area contributed by atoms with E-state index in [2.05, 4.69) is 17.6 Å². The van der Waals surface area contributed by atoms with E-state index in [9.17, 15) is 19.5 Å². The van der Waals surface area contributed by atoms with Crippen molar-refractivity contribution in [2.24, 2.45) is 0 Å². The molecule has 204 valence electrons. The third-order valence-corrected chi connectivity index (χ3v) is 5.83. The number of aliphatic hydroxyl groups excluding tert-OH is 1. The number of carbonyl (C=O) groups is 3. The average molecular weight is 506 g/mol. The normalized spacial score (nSPS) is 13.0. The van der Waals surface area contributed by atoms with Gasteiger partial charge in [0, 0.05) is 13.1 Å². The zero-order valence-electron chi connectivity index (χ0n) is 23.3. The van der Waals surface area contributed by atoms with Crippen LogP contribution in [0.1, 0.15) is 95.9 Å². The predicted octanol–water partition coefficient (Wildman–Crippen LogP) is 4.56. The van der Waals surface area contributed by atoms with Crippen LogP contribution in [0, 0.1) is 13.8 Å². The second-order valence-electron chi connectivity index (χ2n) is 10.4. The monoisotopic (exact) mass is 505 g/mol. The number of nitrogens with zero attached hydrogens (tertiary/aromatic N) is 1. The molecule has 36 heavy (non-hydrogen) atoms. The van der Waals surface area contributed by atoms with Crippen molar-refractivity contribution in [3.05, 3.63) is 34.9 Å². The van der Waals surface area contributed by atoms with E-state index in [1.807, 2.05) is 39.0 Å². The van der Waals surface area contributed by atoms with Crippen molar-refractivity contribution in [1.29, 1.82) is 0 Å². The van der Waals surface area contributed by atoms with Crippen LogP contribution in [0.2, 0.25) is 0 Å². The lowest BCUT2D eigenvalue weighted by Gasteiger charge is -2.35. The highest BCUT2D eigenvalue weighted by Crippen LogP contribution is 2.27. The number of aliphatic hydroxyl groups is 1. The zero-order chi connectivity index (χ0) is 27.3. The first-order valence-corrected chi connectivity index (χ1v) is 13.2. The number of nitrogens with one attached hydrogen (secondary N) is 2. The van der Waals surface area contributed by atoms with E-state index in [1.165, 1.54) is 4.90 Å². The fraction of sp³-hybridized carbons (Fsp3) is 0.679. The number of alkyl carbamates (subject to hydrolysis) is 1. The average Bonchev–Trinajstić information content (AvgIpc) is 2.80. The molecule has 0 saturated heterocycles. The van der Waals surface area contributed by atoms with Crippen LogP contribution in [-0.4, -0.2) is 59.3 Å². The minimum atomic E-state index is -1.23. The third kappa shape index (κ3) is 10.6. The summed E-state index contributed by atoms with van der Waals surface area (Å²) in [6.45, 7) is 13.4. The Hall–Kier alpha value is -2.61. The molecule has 0 spiro atoms. The summed E-state index contributed by atoms with van der Waals surface area (Å²) in [7, 11) is 0. The van der Waals surface area contributed by atoms with Gasteiger partial charge >= 0.3 is 6.09 Å². The molecule has 1 aromatic rings. The van der Waals surface area contributed by atoms with E-state index < -0.39 is 36.3 Å². The Kier molecular flexibility index (Phi) is 13.5. The van der Waals surface area contributed by atoms with Gasteiger partial charge in [0.2, 0.25) is 11.8 Å². The minimum Gasteiger partial charge on any atom is -0.444 e. The van der Waals surface area contributed by atoms with Gasteiger partial charge in [0.25, 0.3) is 0 Å². The molecule has 0 aliphatic heterocycles. The van der Waals surface area contributed by atoms with Crippen LogP contribution in [0.25, 0.3) is 0 Å². The summed E-state index contributed by atoms with van der Waals surface area (Å²) < 4.78 is 5.29. The highest BCUT2D eigenvalue weighted by Gasteiger charge is 2.36. The van der Waals surface area contributed by atoms with Gasteiger partial charge in [-0.1, -0.05) is 63.3 Å².